The summed E-state index contributed by atoms with van der Waals surface area (Å²) in [4.78, 5) is 0. The van der Waals surface area contributed by atoms with Gasteiger partial charge in [-0.05, 0) is 19.8 Å². The van der Waals surface area contributed by atoms with E-state index >= 15 is 0 Å². The van der Waals surface area contributed by atoms with E-state index in [2.05, 4.69) is 0 Å². The summed E-state index contributed by atoms with van der Waals surface area (Å²) in [6.07, 6.45) is 6.86. The molecule has 0 amide bonds. The maximum Gasteiger partial charge on any atom is 0.0822 e. The lowest BCUT2D eigenvalue weighted by atomic mass is 10.1. The molecule has 0 aromatic carbocycles. The first kappa shape index (κ1) is 11.9. The Hall–Kier alpha value is -0.0800. The Morgan fingerprint density at radius 3 is 2.08 bits per heavy atom. The van der Waals surface area contributed by atoms with Crippen molar-refractivity contribution in [3.05, 3.63) is 0 Å². The zero-order valence-corrected chi connectivity index (χ0v) is 8.18. The van der Waals surface area contributed by atoms with Crippen LogP contribution in [0.4, 0.5) is 0 Å². The van der Waals surface area contributed by atoms with Crippen LogP contribution in [-0.2, 0) is 9.84 Å². The van der Waals surface area contributed by atoms with Gasteiger partial charge < -0.3 is 4.74 Å². The fraction of sp³-hybridized carbons (Fsp3) is 1.00. The van der Waals surface area contributed by atoms with E-state index in [0.29, 0.717) is 0 Å². The van der Waals surface area contributed by atoms with Crippen LogP contribution in [0.5, 0.6) is 0 Å². The minimum atomic E-state index is 0.0962. The zero-order chi connectivity index (χ0) is 9.07. The molecule has 0 aliphatic carbocycles. The molecule has 0 bridgehead atoms. The second-order valence-electron chi connectivity index (χ2n) is 3.02. The summed E-state index contributed by atoms with van der Waals surface area (Å²) in [6.45, 7) is 3.85. The van der Waals surface area contributed by atoms with Gasteiger partial charge in [0.05, 0.1) is 6.61 Å². The van der Waals surface area contributed by atoms with Crippen LogP contribution in [0.15, 0.2) is 0 Å². The number of unbranched alkanes of at least 4 members (excludes halogenated alkanes) is 5. The molecule has 0 aromatic heterocycles. The van der Waals surface area contributed by atoms with Gasteiger partial charge in [0.15, 0.2) is 0 Å². The summed E-state index contributed by atoms with van der Waals surface area (Å²) in [7, 11) is 0. The summed E-state index contributed by atoms with van der Waals surface area (Å²) in [6, 6.07) is 0. The Morgan fingerprint density at radius 2 is 1.50 bits per heavy atom. The molecule has 0 atom stereocenters. The highest BCUT2D eigenvalue weighted by atomic mass is 16.5. The minimum absolute atomic E-state index is 0.0962. The molecule has 0 saturated carbocycles. The fourth-order valence-corrected chi connectivity index (χ4v) is 1.16. The number of hydrogen-bond donors (Lipinski definition) is 0. The summed E-state index contributed by atoms with van der Waals surface area (Å²) >= 11 is 0. The zero-order valence-electron chi connectivity index (χ0n) is 8.18. The Kier molecular flexibility index (Phi) is 10.8. The number of hydrogen-bond acceptors (Lipinski definition) is 1. The van der Waals surface area contributed by atoms with Crippen LogP contribution >= 0.6 is 0 Å². The molecular formula is C10H21O2. The van der Waals surface area contributed by atoms with Gasteiger partial charge in [0.25, 0.3) is 0 Å². The fourth-order valence-electron chi connectivity index (χ4n) is 1.16. The van der Waals surface area contributed by atoms with Crippen molar-refractivity contribution in [2.45, 2.75) is 45.4 Å². The maximum atomic E-state index is 10.1. The number of rotatable bonds is 9. The average Bonchev–Trinajstić information content (AvgIpc) is 2.10. The number of ether oxygens (including phenoxy) is 1. The van der Waals surface area contributed by atoms with E-state index in [1.165, 1.54) is 25.7 Å². The lowest BCUT2D eigenvalue weighted by molar-refractivity contribution is 0.142. The lowest BCUT2D eigenvalue weighted by Gasteiger charge is -2.00. The van der Waals surface area contributed by atoms with Crippen LogP contribution in [0.2, 0.25) is 0 Å². The third-order valence-corrected chi connectivity index (χ3v) is 1.89. The maximum absolute atomic E-state index is 10.1. The van der Waals surface area contributed by atoms with Gasteiger partial charge in [-0.2, -0.15) is 0 Å². The van der Waals surface area contributed by atoms with Gasteiger partial charge >= 0.3 is 0 Å². The van der Waals surface area contributed by atoms with Gasteiger partial charge in [0, 0.05) is 13.2 Å². The third-order valence-electron chi connectivity index (χ3n) is 1.89. The van der Waals surface area contributed by atoms with Crippen LogP contribution in [0, 0.1) is 0 Å². The van der Waals surface area contributed by atoms with Crippen molar-refractivity contribution in [3.8, 4) is 0 Å². The van der Waals surface area contributed by atoms with Crippen LogP contribution in [0.25, 0.3) is 0 Å². The molecule has 0 rings (SSSR count). The van der Waals surface area contributed by atoms with Gasteiger partial charge in [0.1, 0.15) is 0 Å². The minimum Gasteiger partial charge on any atom is -0.382 e. The molecule has 0 aromatic rings. The van der Waals surface area contributed by atoms with E-state index < -0.39 is 0 Å². The summed E-state index contributed by atoms with van der Waals surface area (Å²) in [5.74, 6) is 0. The quantitative estimate of drug-likeness (QED) is 0.493. The van der Waals surface area contributed by atoms with Crippen molar-refractivity contribution in [2.75, 3.05) is 19.8 Å². The third kappa shape index (κ3) is 9.92. The molecule has 12 heavy (non-hydrogen) atoms. The lowest BCUT2D eigenvalue weighted by Crippen LogP contribution is -1.93. The molecule has 0 unspecified atom stereocenters. The molecule has 0 saturated heterocycles. The van der Waals surface area contributed by atoms with Crippen molar-refractivity contribution in [3.63, 3.8) is 0 Å². The van der Waals surface area contributed by atoms with Crippen molar-refractivity contribution in [2.24, 2.45) is 0 Å². The van der Waals surface area contributed by atoms with Crippen LogP contribution < -0.4 is 0 Å². The Balaban J connectivity index is 2.73. The van der Waals surface area contributed by atoms with E-state index in [1.54, 1.807) is 0 Å². The van der Waals surface area contributed by atoms with Crippen molar-refractivity contribution < 1.29 is 9.84 Å². The second-order valence-corrected chi connectivity index (χ2v) is 3.02. The molecule has 2 heteroatoms. The first-order chi connectivity index (χ1) is 5.91. The molecule has 0 N–H and O–H groups in total. The molecule has 0 spiro atoms. The monoisotopic (exact) mass is 173 g/mol. The normalized spacial score (nSPS) is 10.5. The smallest absolute Gasteiger partial charge is 0.0822 e. The van der Waals surface area contributed by atoms with Crippen molar-refractivity contribution in [1.82, 2.24) is 0 Å². The van der Waals surface area contributed by atoms with Gasteiger partial charge in [-0.1, -0.05) is 25.7 Å². The summed E-state index contributed by atoms with van der Waals surface area (Å²) in [5.41, 5.74) is 0. The van der Waals surface area contributed by atoms with Gasteiger partial charge in [0.2, 0.25) is 0 Å². The molecule has 0 heterocycles. The molecule has 2 nitrogen and oxygen atoms in total. The Bertz CT molecular complexity index is 64.2. The first-order valence-corrected chi connectivity index (χ1v) is 5.07. The predicted molar refractivity (Wildman–Crippen MR) is 49.7 cm³/mol. The topological polar surface area (TPSA) is 29.1 Å². The summed E-state index contributed by atoms with van der Waals surface area (Å²) < 4.78 is 5.21. The summed E-state index contributed by atoms with van der Waals surface area (Å²) in [5, 5.41) is 10.1. The van der Waals surface area contributed by atoms with E-state index in [-0.39, 0.29) is 6.61 Å². The molecule has 0 fully saturated rings. The second kappa shape index (κ2) is 10.9. The Morgan fingerprint density at radius 1 is 0.917 bits per heavy atom. The highest BCUT2D eigenvalue weighted by Gasteiger charge is 1.90. The van der Waals surface area contributed by atoms with E-state index in [1.807, 2.05) is 6.92 Å². The van der Waals surface area contributed by atoms with Crippen LogP contribution in [-0.4, -0.2) is 19.8 Å². The van der Waals surface area contributed by atoms with E-state index in [9.17, 15) is 5.11 Å². The van der Waals surface area contributed by atoms with Crippen molar-refractivity contribution in [1.29, 1.82) is 0 Å². The highest BCUT2D eigenvalue weighted by molar-refractivity contribution is 4.44. The molecular weight excluding hydrogens is 152 g/mol. The molecule has 0 aliphatic heterocycles. The largest absolute Gasteiger partial charge is 0.382 e. The van der Waals surface area contributed by atoms with Gasteiger partial charge in [-0.3, -0.25) is 0 Å². The van der Waals surface area contributed by atoms with Crippen LogP contribution in [0.1, 0.15) is 45.4 Å². The SMILES string of the molecule is CCOCCCCCCCC[O]. The van der Waals surface area contributed by atoms with Gasteiger partial charge in [-0.15, -0.1) is 0 Å². The first-order valence-electron chi connectivity index (χ1n) is 5.07. The average molecular weight is 173 g/mol. The van der Waals surface area contributed by atoms with Crippen LogP contribution in [0.3, 0.4) is 0 Å². The highest BCUT2D eigenvalue weighted by Crippen LogP contribution is 2.04. The van der Waals surface area contributed by atoms with Crippen molar-refractivity contribution >= 4 is 0 Å². The van der Waals surface area contributed by atoms with E-state index in [0.717, 1.165) is 26.1 Å². The van der Waals surface area contributed by atoms with E-state index in [4.69, 9.17) is 4.74 Å². The molecule has 0 aliphatic rings. The molecule has 1 radical (unpaired) electrons. The molecule has 73 valence electrons. The Labute approximate surface area is 75.9 Å². The predicted octanol–water partition coefficient (Wildman–Crippen LogP) is 2.79. The van der Waals surface area contributed by atoms with Gasteiger partial charge in [-0.25, -0.2) is 5.11 Å². The standard InChI is InChI=1S/C10H21O2/c1-2-12-10-8-6-4-3-5-7-9-11/h2-10H2,1H3.